The van der Waals surface area contributed by atoms with E-state index in [4.69, 9.17) is 9.72 Å². The van der Waals surface area contributed by atoms with Crippen LogP contribution in [0.15, 0.2) is 53.1 Å². The van der Waals surface area contributed by atoms with Crippen molar-refractivity contribution in [1.82, 2.24) is 25.1 Å². The summed E-state index contributed by atoms with van der Waals surface area (Å²) in [5.74, 6) is -2.64. The van der Waals surface area contributed by atoms with Gasteiger partial charge in [0.25, 0.3) is 0 Å². The highest BCUT2D eigenvalue weighted by atomic mass is 79.9. The lowest BCUT2D eigenvalue weighted by Crippen LogP contribution is -2.59. The number of carbonyl (C=O) groups excluding carboxylic acids is 3. The zero-order valence-electron chi connectivity index (χ0n) is 36.4. The second-order valence-corrected chi connectivity index (χ2v) is 20.1. The molecule has 4 fully saturated rings. The SMILES string of the molecule is COc1cc(N2CCC(N3CCN(C(=O)C4CN(c5cc(F)c(C6CCC(=O)NC6=O)c(F)c5)C4)CC3)CC2)c(C)cc1Nc1ncc(Br)c(Nc2cccc3c2N(S(C)(=O)=O)CC3)n1. The van der Waals surface area contributed by atoms with Crippen molar-refractivity contribution in [3.63, 3.8) is 0 Å². The maximum Gasteiger partial charge on any atom is 0.234 e. The van der Waals surface area contributed by atoms with Crippen LogP contribution in [-0.4, -0.2) is 124 Å². The number of fused-ring (bicyclic) bond motifs is 1. The minimum absolute atomic E-state index is 0.0238. The highest BCUT2D eigenvalue weighted by molar-refractivity contribution is 9.10. The van der Waals surface area contributed by atoms with Gasteiger partial charge in [0, 0.05) is 101 Å². The van der Waals surface area contributed by atoms with Crippen LogP contribution >= 0.6 is 15.9 Å². The number of ether oxygens (including phenoxy) is 1. The van der Waals surface area contributed by atoms with E-state index in [-0.39, 0.29) is 30.2 Å². The van der Waals surface area contributed by atoms with Crippen LogP contribution in [0.3, 0.4) is 0 Å². The predicted molar refractivity (Wildman–Crippen MR) is 247 cm³/mol. The van der Waals surface area contributed by atoms with Crippen LogP contribution in [0.4, 0.5) is 49.0 Å². The molecule has 0 aliphatic carbocycles. The van der Waals surface area contributed by atoms with E-state index in [1.165, 1.54) is 22.7 Å². The molecular weight excluding hydrogens is 927 g/mol. The number of nitrogens with one attached hydrogen (secondary N) is 3. The Morgan fingerprint density at radius 1 is 0.908 bits per heavy atom. The van der Waals surface area contributed by atoms with Crippen molar-refractivity contribution >= 4 is 83.9 Å². The van der Waals surface area contributed by atoms with Gasteiger partial charge >= 0.3 is 0 Å². The molecule has 344 valence electrons. The van der Waals surface area contributed by atoms with E-state index in [1.54, 1.807) is 18.2 Å². The molecule has 5 aliphatic rings. The van der Waals surface area contributed by atoms with Gasteiger partial charge in [-0.3, -0.25) is 28.9 Å². The molecule has 9 rings (SSSR count). The molecule has 4 aromatic rings. The largest absolute Gasteiger partial charge is 0.494 e. The Labute approximate surface area is 384 Å². The van der Waals surface area contributed by atoms with Gasteiger partial charge in [0.05, 0.1) is 46.7 Å². The second-order valence-electron chi connectivity index (χ2n) is 17.4. The molecule has 1 aromatic heterocycles. The number of piperazine rings is 1. The standard InChI is InChI=1S/C45H51BrF2N10O6S/c1-26-19-36(51-45-49-23-32(46)42(53-45)50-35-6-4-5-27-9-14-58(41(27)35)65(3,62)63)38(64-2)22-37(26)55-12-10-29(11-13-55)54-15-17-56(18-16-54)44(61)28-24-57(25-28)30-20-33(47)40(34(48)21-30)31-7-8-39(59)52-43(31)60/h4-6,19-23,28-29,31H,7-18,24-25H2,1-3H3,(H,52,59,60)(H2,49,50,51,53). The number of amides is 3. The molecule has 0 saturated carbocycles. The van der Waals surface area contributed by atoms with Crippen molar-refractivity contribution in [2.24, 2.45) is 5.92 Å². The van der Waals surface area contributed by atoms with Gasteiger partial charge in [0.15, 0.2) is 0 Å². The van der Waals surface area contributed by atoms with Crippen LogP contribution in [0.1, 0.15) is 48.3 Å². The van der Waals surface area contributed by atoms with Crippen LogP contribution in [0.2, 0.25) is 0 Å². The van der Waals surface area contributed by atoms with Gasteiger partial charge in [-0.2, -0.15) is 4.98 Å². The van der Waals surface area contributed by atoms with Gasteiger partial charge in [0.1, 0.15) is 23.2 Å². The number of anilines is 7. The molecule has 0 bridgehead atoms. The number of sulfonamides is 1. The Morgan fingerprint density at radius 2 is 1.63 bits per heavy atom. The second kappa shape index (κ2) is 18.0. The van der Waals surface area contributed by atoms with Crippen LogP contribution in [0.5, 0.6) is 5.75 Å². The van der Waals surface area contributed by atoms with Crippen LogP contribution in [0.25, 0.3) is 0 Å². The zero-order chi connectivity index (χ0) is 45.7. The number of piperidine rings is 2. The summed E-state index contributed by atoms with van der Waals surface area (Å²) in [7, 11) is -1.83. The van der Waals surface area contributed by atoms with Crippen LogP contribution in [-0.2, 0) is 30.8 Å². The normalized spacial score (nSPS) is 19.8. The van der Waals surface area contributed by atoms with E-state index in [1.807, 2.05) is 35.2 Å². The molecule has 4 saturated heterocycles. The predicted octanol–water partition coefficient (Wildman–Crippen LogP) is 5.41. The number of para-hydroxylation sites is 1. The van der Waals surface area contributed by atoms with E-state index >= 15 is 8.78 Å². The van der Waals surface area contributed by atoms with E-state index in [2.05, 4.69) is 53.6 Å². The smallest absolute Gasteiger partial charge is 0.234 e. The first-order valence-electron chi connectivity index (χ1n) is 21.9. The molecule has 0 spiro atoms. The topological polar surface area (TPSA) is 173 Å². The highest BCUT2D eigenvalue weighted by Gasteiger charge is 2.39. The number of halogens is 3. The Hall–Kier alpha value is -5.60. The third kappa shape index (κ3) is 9.03. The van der Waals surface area contributed by atoms with Crippen molar-refractivity contribution in [3.8, 4) is 5.75 Å². The number of carbonyl (C=O) groups is 3. The number of aromatic nitrogens is 2. The molecule has 5 aliphatic heterocycles. The first kappa shape index (κ1) is 44.6. The van der Waals surface area contributed by atoms with Gasteiger partial charge in [0.2, 0.25) is 33.7 Å². The fourth-order valence-corrected chi connectivity index (χ4v) is 11.1. The van der Waals surface area contributed by atoms with Gasteiger partial charge in [-0.25, -0.2) is 22.2 Å². The minimum Gasteiger partial charge on any atom is -0.494 e. The summed E-state index contributed by atoms with van der Waals surface area (Å²) < 4.78 is 63.3. The number of hydrogen-bond acceptors (Lipinski definition) is 13. The molecule has 1 unspecified atom stereocenters. The number of benzene rings is 3. The summed E-state index contributed by atoms with van der Waals surface area (Å²) in [6.07, 6.45) is 5.49. The monoisotopic (exact) mass is 976 g/mol. The number of imide groups is 1. The zero-order valence-corrected chi connectivity index (χ0v) is 38.8. The average Bonchev–Trinajstić information content (AvgIpc) is 3.72. The summed E-state index contributed by atoms with van der Waals surface area (Å²) in [5, 5.41) is 8.80. The molecule has 6 heterocycles. The Bertz CT molecular complexity index is 2630. The van der Waals surface area contributed by atoms with Gasteiger partial charge < -0.3 is 30.1 Å². The quantitative estimate of drug-likeness (QED) is 0.163. The Morgan fingerprint density at radius 3 is 2.31 bits per heavy atom. The molecule has 1 atom stereocenters. The summed E-state index contributed by atoms with van der Waals surface area (Å²) in [4.78, 5) is 55.0. The van der Waals surface area contributed by atoms with Crippen LogP contribution < -0.4 is 34.8 Å². The molecule has 3 amide bonds. The van der Waals surface area contributed by atoms with Gasteiger partial charge in [-0.15, -0.1) is 0 Å². The fourth-order valence-electron chi connectivity index (χ4n) is 9.84. The van der Waals surface area contributed by atoms with Crippen molar-refractivity contribution < 1.29 is 36.3 Å². The molecule has 3 N–H and O–H groups in total. The fraction of sp³-hybridized carbons (Fsp3) is 0.444. The molecular formula is C45H51BrF2N10O6S. The number of nitrogens with zero attached hydrogens (tertiary/aromatic N) is 7. The lowest BCUT2D eigenvalue weighted by Gasteiger charge is -2.46. The molecule has 16 nitrogen and oxygen atoms in total. The number of hydrogen-bond donors (Lipinski definition) is 3. The lowest BCUT2D eigenvalue weighted by molar-refractivity contribution is -0.138. The summed E-state index contributed by atoms with van der Waals surface area (Å²) in [6.45, 7) is 7.70. The van der Waals surface area contributed by atoms with E-state index < -0.39 is 39.4 Å². The maximum absolute atomic E-state index is 15.1. The van der Waals surface area contributed by atoms with E-state index in [0.717, 1.165) is 55.8 Å². The van der Waals surface area contributed by atoms with E-state index in [0.29, 0.717) is 89.9 Å². The van der Waals surface area contributed by atoms with Crippen molar-refractivity contribution in [2.45, 2.75) is 51.0 Å². The molecule has 3 aromatic carbocycles. The van der Waals surface area contributed by atoms with Crippen LogP contribution in [0, 0.1) is 24.5 Å². The third-order valence-corrected chi connectivity index (χ3v) is 15.1. The van der Waals surface area contributed by atoms with Gasteiger partial charge in [-0.1, -0.05) is 12.1 Å². The number of methoxy groups -OCH3 is 1. The first-order chi connectivity index (χ1) is 31.1. The average molecular weight is 978 g/mol. The minimum atomic E-state index is -3.46. The number of rotatable bonds is 11. The first-order valence-corrected chi connectivity index (χ1v) is 24.5. The molecule has 0 radical (unpaired) electrons. The summed E-state index contributed by atoms with van der Waals surface area (Å²) >= 11 is 3.55. The summed E-state index contributed by atoms with van der Waals surface area (Å²) in [6, 6.07) is 12.5. The molecule has 20 heteroatoms. The summed E-state index contributed by atoms with van der Waals surface area (Å²) in [5.41, 5.74) is 5.04. The third-order valence-electron chi connectivity index (χ3n) is 13.3. The van der Waals surface area contributed by atoms with Crippen molar-refractivity contribution in [3.05, 3.63) is 81.5 Å². The Kier molecular flexibility index (Phi) is 12.3. The molecule has 65 heavy (non-hydrogen) atoms. The van der Waals surface area contributed by atoms with Crippen molar-refractivity contribution in [1.29, 1.82) is 0 Å². The van der Waals surface area contributed by atoms with Crippen molar-refractivity contribution in [2.75, 3.05) is 97.0 Å². The van der Waals surface area contributed by atoms with E-state index in [9.17, 15) is 22.8 Å². The lowest BCUT2D eigenvalue weighted by atomic mass is 9.89. The number of aryl methyl sites for hydroxylation is 1. The van der Waals surface area contributed by atoms with Gasteiger partial charge in [-0.05, 0) is 83.9 Å². The Balaban J connectivity index is 0.766. The highest BCUT2D eigenvalue weighted by Crippen LogP contribution is 2.41. The maximum atomic E-state index is 15.1.